The summed E-state index contributed by atoms with van der Waals surface area (Å²) >= 11 is 0. The summed E-state index contributed by atoms with van der Waals surface area (Å²) in [5.74, 6) is -0.0335. The molecule has 108 valence electrons. The SMILES string of the molecule is CC(=O)C1CCCN1C(=O)OCCCCO[N+](=O)[O-]. The van der Waals surface area contributed by atoms with Gasteiger partial charge in [-0.25, -0.2) is 4.79 Å². The van der Waals surface area contributed by atoms with Crippen molar-refractivity contribution in [2.75, 3.05) is 19.8 Å². The van der Waals surface area contributed by atoms with E-state index in [1.54, 1.807) is 0 Å². The largest absolute Gasteiger partial charge is 0.449 e. The zero-order chi connectivity index (χ0) is 14.3. The summed E-state index contributed by atoms with van der Waals surface area (Å²) in [4.78, 5) is 38.5. The van der Waals surface area contributed by atoms with Crippen LogP contribution in [0.1, 0.15) is 32.6 Å². The molecule has 0 aromatic heterocycles. The molecule has 1 amide bonds. The van der Waals surface area contributed by atoms with Crippen LogP contribution in [-0.2, 0) is 14.4 Å². The predicted molar refractivity (Wildman–Crippen MR) is 63.9 cm³/mol. The lowest BCUT2D eigenvalue weighted by molar-refractivity contribution is -0.757. The normalized spacial score (nSPS) is 18.2. The molecule has 1 rings (SSSR count). The highest BCUT2D eigenvalue weighted by Gasteiger charge is 2.32. The van der Waals surface area contributed by atoms with Crippen LogP contribution in [0.15, 0.2) is 0 Å². The van der Waals surface area contributed by atoms with E-state index in [2.05, 4.69) is 4.84 Å². The highest BCUT2D eigenvalue weighted by atomic mass is 16.9. The van der Waals surface area contributed by atoms with Crippen molar-refractivity contribution in [1.29, 1.82) is 0 Å². The molecular weight excluding hydrogens is 256 g/mol. The quantitative estimate of drug-likeness (QED) is 0.392. The third-order valence-corrected chi connectivity index (χ3v) is 2.92. The standard InChI is InChI=1S/C11H18N2O6/c1-9(14)10-5-4-6-12(10)11(15)18-7-2-3-8-19-13(16)17/h10H,2-8H2,1H3. The molecule has 0 aliphatic carbocycles. The molecule has 0 radical (unpaired) electrons. The summed E-state index contributed by atoms with van der Waals surface area (Å²) in [6.45, 7) is 2.16. The molecule has 8 heteroatoms. The Morgan fingerprint density at radius 3 is 2.68 bits per heavy atom. The van der Waals surface area contributed by atoms with Gasteiger partial charge in [-0.05, 0) is 32.6 Å². The highest BCUT2D eigenvalue weighted by Crippen LogP contribution is 2.18. The van der Waals surface area contributed by atoms with E-state index in [0.717, 1.165) is 6.42 Å². The van der Waals surface area contributed by atoms with E-state index in [9.17, 15) is 19.7 Å². The minimum Gasteiger partial charge on any atom is -0.449 e. The lowest BCUT2D eigenvalue weighted by atomic mass is 10.1. The third kappa shape index (κ3) is 5.11. The van der Waals surface area contributed by atoms with Crippen LogP contribution in [0.2, 0.25) is 0 Å². The van der Waals surface area contributed by atoms with Gasteiger partial charge in [0.1, 0.15) is 0 Å². The average molecular weight is 274 g/mol. The highest BCUT2D eigenvalue weighted by molar-refractivity contribution is 5.85. The molecule has 8 nitrogen and oxygen atoms in total. The van der Waals surface area contributed by atoms with E-state index < -0.39 is 11.2 Å². The van der Waals surface area contributed by atoms with Gasteiger partial charge < -0.3 is 9.57 Å². The van der Waals surface area contributed by atoms with Gasteiger partial charge in [-0.15, -0.1) is 10.1 Å². The van der Waals surface area contributed by atoms with Crippen LogP contribution in [0, 0.1) is 10.1 Å². The van der Waals surface area contributed by atoms with Gasteiger partial charge in [0, 0.05) is 6.54 Å². The number of rotatable bonds is 7. The first kappa shape index (κ1) is 15.2. The van der Waals surface area contributed by atoms with Gasteiger partial charge in [0.25, 0.3) is 5.09 Å². The van der Waals surface area contributed by atoms with E-state index in [1.807, 2.05) is 0 Å². The number of likely N-dealkylation sites (tertiary alicyclic amines) is 1. The Hall–Kier alpha value is -1.86. The van der Waals surface area contributed by atoms with Crippen molar-refractivity contribution in [2.45, 2.75) is 38.6 Å². The van der Waals surface area contributed by atoms with Crippen LogP contribution in [0.4, 0.5) is 4.79 Å². The zero-order valence-corrected chi connectivity index (χ0v) is 10.9. The van der Waals surface area contributed by atoms with Crippen molar-refractivity contribution >= 4 is 11.9 Å². The fourth-order valence-electron chi connectivity index (χ4n) is 1.99. The van der Waals surface area contributed by atoms with E-state index in [0.29, 0.717) is 25.8 Å². The Labute approximate surface area is 110 Å². The second-order valence-electron chi connectivity index (χ2n) is 4.34. The number of hydrogen-bond donors (Lipinski definition) is 0. The maximum Gasteiger partial charge on any atom is 0.410 e. The smallest absolute Gasteiger partial charge is 0.410 e. The molecule has 1 aliphatic rings. The summed E-state index contributed by atoms with van der Waals surface area (Å²) < 4.78 is 5.02. The maximum absolute atomic E-state index is 11.7. The molecule has 0 saturated carbocycles. The molecular formula is C11H18N2O6. The van der Waals surface area contributed by atoms with E-state index in [-0.39, 0.29) is 25.0 Å². The van der Waals surface area contributed by atoms with Crippen molar-refractivity contribution in [3.63, 3.8) is 0 Å². The second kappa shape index (κ2) is 7.55. The summed E-state index contributed by atoms with van der Waals surface area (Å²) in [6.07, 6.45) is 1.91. The van der Waals surface area contributed by atoms with Crippen LogP contribution in [0.25, 0.3) is 0 Å². The number of ketones is 1. The number of Topliss-reactive ketones (excluding diaryl/α,β-unsaturated/α-hetero) is 1. The van der Waals surface area contributed by atoms with Gasteiger partial charge in [0.05, 0.1) is 19.3 Å². The zero-order valence-electron chi connectivity index (χ0n) is 10.9. The Bertz CT molecular complexity index is 346. The molecule has 1 saturated heterocycles. The Kier molecular flexibility index (Phi) is 6.04. The molecule has 1 fully saturated rings. The van der Waals surface area contributed by atoms with Crippen molar-refractivity contribution < 1.29 is 24.3 Å². The molecule has 0 bridgehead atoms. The lowest BCUT2D eigenvalue weighted by Crippen LogP contribution is -2.40. The average Bonchev–Trinajstić information content (AvgIpc) is 2.82. The van der Waals surface area contributed by atoms with Crippen molar-refractivity contribution in [1.82, 2.24) is 4.90 Å². The van der Waals surface area contributed by atoms with Gasteiger partial charge in [0.2, 0.25) is 0 Å². The minimum absolute atomic E-state index is 0.00959. The number of hydrogen-bond acceptors (Lipinski definition) is 6. The number of unbranched alkanes of at least 4 members (excludes halogenated alkanes) is 1. The van der Waals surface area contributed by atoms with E-state index >= 15 is 0 Å². The topological polar surface area (TPSA) is 99.0 Å². The lowest BCUT2D eigenvalue weighted by Gasteiger charge is -2.21. The predicted octanol–water partition coefficient (Wildman–Crippen LogP) is 1.16. The van der Waals surface area contributed by atoms with E-state index in [4.69, 9.17) is 4.74 Å². The van der Waals surface area contributed by atoms with Gasteiger partial charge in [-0.3, -0.25) is 9.69 Å². The van der Waals surface area contributed by atoms with E-state index in [1.165, 1.54) is 11.8 Å². The monoisotopic (exact) mass is 274 g/mol. The van der Waals surface area contributed by atoms with Crippen LogP contribution >= 0.6 is 0 Å². The molecule has 1 unspecified atom stereocenters. The molecule has 0 N–H and O–H groups in total. The first-order chi connectivity index (χ1) is 9.02. The molecule has 1 heterocycles. The number of amides is 1. The Balaban J connectivity index is 2.17. The Morgan fingerprint density at radius 2 is 2.05 bits per heavy atom. The van der Waals surface area contributed by atoms with Crippen LogP contribution in [-0.4, -0.2) is 47.7 Å². The van der Waals surface area contributed by atoms with Gasteiger partial charge in [0.15, 0.2) is 5.78 Å². The van der Waals surface area contributed by atoms with Crippen molar-refractivity contribution in [2.24, 2.45) is 0 Å². The maximum atomic E-state index is 11.7. The minimum atomic E-state index is -0.853. The molecule has 1 atom stereocenters. The van der Waals surface area contributed by atoms with Crippen molar-refractivity contribution in [3.05, 3.63) is 10.1 Å². The summed E-state index contributed by atoms with van der Waals surface area (Å²) in [5, 5.41) is 9.02. The molecule has 1 aliphatic heterocycles. The summed E-state index contributed by atoms with van der Waals surface area (Å²) in [5.41, 5.74) is 0. The number of carbonyl (C=O) groups is 2. The fraction of sp³-hybridized carbons (Fsp3) is 0.818. The van der Waals surface area contributed by atoms with Gasteiger partial charge in [-0.1, -0.05) is 0 Å². The first-order valence-corrected chi connectivity index (χ1v) is 6.23. The second-order valence-corrected chi connectivity index (χ2v) is 4.34. The first-order valence-electron chi connectivity index (χ1n) is 6.23. The number of ether oxygens (including phenoxy) is 1. The molecule has 0 aromatic rings. The molecule has 19 heavy (non-hydrogen) atoms. The van der Waals surface area contributed by atoms with Gasteiger partial charge in [-0.2, -0.15) is 0 Å². The van der Waals surface area contributed by atoms with Crippen LogP contribution in [0.3, 0.4) is 0 Å². The third-order valence-electron chi connectivity index (χ3n) is 2.92. The number of nitrogens with zero attached hydrogens (tertiary/aromatic N) is 2. The van der Waals surface area contributed by atoms with Crippen LogP contribution in [0.5, 0.6) is 0 Å². The Morgan fingerprint density at radius 1 is 1.37 bits per heavy atom. The number of carbonyl (C=O) groups excluding carboxylic acids is 2. The van der Waals surface area contributed by atoms with Crippen molar-refractivity contribution in [3.8, 4) is 0 Å². The molecule has 0 spiro atoms. The van der Waals surface area contributed by atoms with Crippen LogP contribution < -0.4 is 0 Å². The van der Waals surface area contributed by atoms with Gasteiger partial charge >= 0.3 is 6.09 Å². The fourth-order valence-corrected chi connectivity index (χ4v) is 1.99. The summed E-state index contributed by atoms with van der Waals surface area (Å²) in [7, 11) is 0. The summed E-state index contributed by atoms with van der Waals surface area (Å²) in [6, 6.07) is -0.370. The molecule has 0 aromatic carbocycles.